The topological polar surface area (TPSA) is 26.3 Å². The van der Waals surface area contributed by atoms with Gasteiger partial charge >= 0.3 is 136 Å². The molecular formula is C16H33ClO2Sn. The van der Waals surface area contributed by atoms with E-state index < -0.39 is 18.8 Å². The van der Waals surface area contributed by atoms with Crippen molar-refractivity contribution < 1.29 is 7.87 Å². The van der Waals surface area contributed by atoms with Crippen molar-refractivity contribution in [3.63, 3.8) is 0 Å². The fraction of sp³-hybridized carbons (Fsp3) is 0.938. The van der Waals surface area contributed by atoms with Crippen molar-refractivity contribution in [2.24, 2.45) is 0 Å². The molecule has 20 heavy (non-hydrogen) atoms. The second kappa shape index (κ2) is 13.2. The molecule has 0 aliphatic rings. The molecule has 0 saturated heterocycles. The van der Waals surface area contributed by atoms with E-state index in [9.17, 15) is 4.79 Å². The molecule has 0 N–H and O–H groups in total. The molecule has 0 bridgehead atoms. The minimum absolute atomic E-state index is 0.0322. The monoisotopic (exact) mass is 412 g/mol. The van der Waals surface area contributed by atoms with Crippen LogP contribution in [0, 0.1) is 0 Å². The van der Waals surface area contributed by atoms with Gasteiger partial charge in [-0.1, -0.05) is 0 Å². The van der Waals surface area contributed by atoms with Crippen LogP contribution in [0.5, 0.6) is 0 Å². The van der Waals surface area contributed by atoms with E-state index in [4.69, 9.17) is 14.7 Å². The van der Waals surface area contributed by atoms with Crippen LogP contribution in [0.25, 0.3) is 0 Å². The molecule has 0 radical (unpaired) electrons. The van der Waals surface area contributed by atoms with Crippen molar-refractivity contribution in [3.05, 3.63) is 0 Å². The van der Waals surface area contributed by atoms with Gasteiger partial charge in [-0.25, -0.2) is 0 Å². The Morgan fingerprint density at radius 1 is 0.900 bits per heavy atom. The van der Waals surface area contributed by atoms with E-state index in [1.807, 2.05) is 0 Å². The van der Waals surface area contributed by atoms with Gasteiger partial charge in [0.05, 0.1) is 0 Å². The number of hydrogen-bond acceptors (Lipinski definition) is 2. The molecule has 120 valence electrons. The summed E-state index contributed by atoms with van der Waals surface area (Å²) in [5.41, 5.74) is 0. The Labute approximate surface area is 135 Å². The molecule has 0 rings (SSSR count). The summed E-state index contributed by atoms with van der Waals surface area (Å²) < 4.78 is 9.82. The molecule has 0 heterocycles. The van der Waals surface area contributed by atoms with Crippen LogP contribution in [0.3, 0.4) is 0 Å². The molecule has 0 fully saturated rings. The van der Waals surface area contributed by atoms with Crippen LogP contribution >= 0.6 is 11.6 Å². The first-order valence-electron chi connectivity index (χ1n) is 8.42. The predicted molar refractivity (Wildman–Crippen MR) is 90.9 cm³/mol. The van der Waals surface area contributed by atoms with E-state index in [1.165, 1.54) is 51.8 Å². The molecule has 0 aliphatic heterocycles. The molecule has 0 spiro atoms. The molecule has 0 unspecified atom stereocenters. The molecule has 0 aromatic rings. The van der Waals surface area contributed by atoms with Gasteiger partial charge in [0, 0.05) is 0 Å². The zero-order chi connectivity index (χ0) is 15.3. The molecule has 0 aliphatic carbocycles. The zero-order valence-corrected chi connectivity index (χ0v) is 17.3. The van der Waals surface area contributed by atoms with Crippen molar-refractivity contribution >= 4 is 36.4 Å². The third kappa shape index (κ3) is 9.49. The van der Waals surface area contributed by atoms with Gasteiger partial charge in [-0.3, -0.25) is 0 Å². The third-order valence-corrected chi connectivity index (χ3v) is 16.8. The summed E-state index contributed by atoms with van der Waals surface area (Å²) in [6, 6.07) is 0. The van der Waals surface area contributed by atoms with Crippen LogP contribution in [0.1, 0.15) is 72.1 Å². The van der Waals surface area contributed by atoms with Gasteiger partial charge < -0.3 is 0 Å². The second-order valence-corrected chi connectivity index (χ2v) is 17.8. The minimum atomic E-state index is -2.71. The first-order valence-corrected chi connectivity index (χ1v) is 16.2. The Morgan fingerprint density at radius 3 is 1.70 bits per heavy atom. The zero-order valence-electron chi connectivity index (χ0n) is 13.7. The number of carbonyl (C=O) groups excluding carboxylic acids is 1. The number of rotatable bonds is 13. The molecule has 4 heteroatoms. The molecule has 2 nitrogen and oxygen atoms in total. The molecule has 0 aromatic heterocycles. The third-order valence-electron chi connectivity index (χ3n) is 3.80. The van der Waals surface area contributed by atoms with Crippen molar-refractivity contribution in [1.29, 1.82) is 0 Å². The number of halogens is 1. The predicted octanol–water partition coefficient (Wildman–Crippen LogP) is 5.89. The Morgan fingerprint density at radius 2 is 1.35 bits per heavy atom. The number of carbonyl (C=O) groups is 1. The van der Waals surface area contributed by atoms with Crippen molar-refractivity contribution in [2.45, 2.75) is 85.4 Å². The summed E-state index contributed by atoms with van der Waals surface area (Å²) in [4.78, 5) is 12.1. The fourth-order valence-electron chi connectivity index (χ4n) is 2.53. The summed E-state index contributed by atoms with van der Waals surface area (Å²) in [5.74, 6) is 0.584. The number of hydrogen-bond donors (Lipinski definition) is 0. The first-order chi connectivity index (χ1) is 9.64. The van der Waals surface area contributed by atoms with E-state index in [-0.39, 0.29) is 5.97 Å². The fourth-order valence-corrected chi connectivity index (χ4v) is 15.9. The summed E-state index contributed by atoms with van der Waals surface area (Å²) in [7, 11) is 0. The van der Waals surface area contributed by atoms with E-state index in [0.717, 1.165) is 6.42 Å². The Bertz CT molecular complexity index is 225. The SMILES string of the molecule is CCC[CH2][Sn]([CH2]CCC)([CH2]CCC)[O]C(=O)CCCCl. The van der Waals surface area contributed by atoms with Crippen molar-refractivity contribution in [1.82, 2.24) is 0 Å². The van der Waals surface area contributed by atoms with Crippen LogP contribution < -0.4 is 0 Å². The maximum atomic E-state index is 12.1. The second-order valence-electron chi connectivity index (χ2n) is 5.76. The van der Waals surface area contributed by atoms with Gasteiger partial charge in [-0.05, 0) is 0 Å². The summed E-state index contributed by atoms with van der Waals surface area (Å²) in [6.07, 6.45) is 8.55. The van der Waals surface area contributed by atoms with E-state index in [1.54, 1.807) is 0 Å². The molecule has 0 aromatic carbocycles. The van der Waals surface area contributed by atoms with Gasteiger partial charge in [-0.2, -0.15) is 0 Å². The molecule has 0 saturated carbocycles. The van der Waals surface area contributed by atoms with Gasteiger partial charge in [0.15, 0.2) is 0 Å². The van der Waals surface area contributed by atoms with Crippen LogP contribution in [-0.2, 0) is 7.87 Å². The van der Waals surface area contributed by atoms with Crippen LogP contribution in [-0.4, -0.2) is 30.6 Å². The van der Waals surface area contributed by atoms with E-state index >= 15 is 0 Å². The summed E-state index contributed by atoms with van der Waals surface area (Å²) in [6.45, 7) is 6.68. The van der Waals surface area contributed by atoms with Crippen molar-refractivity contribution in [3.8, 4) is 0 Å². The van der Waals surface area contributed by atoms with Gasteiger partial charge in [-0.15, -0.1) is 0 Å². The Hall–Kier alpha value is 0.559. The van der Waals surface area contributed by atoms with Crippen molar-refractivity contribution in [2.75, 3.05) is 5.88 Å². The van der Waals surface area contributed by atoms with Crippen LogP contribution in [0.15, 0.2) is 0 Å². The Balaban J connectivity index is 4.68. The average molecular weight is 412 g/mol. The van der Waals surface area contributed by atoms with Gasteiger partial charge in [0.1, 0.15) is 0 Å². The molecule has 0 atom stereocenters. The number of alkyl halides is 1. The van der Waals surface area contributed by atoms with Crippen LogP contribution in [0.4, 0.5) is 0 Å². The molecule has 0 amide bonds. The Kier molecular flexibility index (Phi) is 13.6. The summed E-state index contributed by atoms with van der Waals surface area (Å²) in [5, 5.41) is 0. The normalized spacial score (nSPS) is 11.6. The first kappa shape index (κ1) is 20.6. The van der Waals surface area contributed by atoms with Gasteiger partial charge in [0.25, 0.3) is 0 Å². The van der Waals surface area contributed by atoms with E-state index in [2.05, 4.69) is 20.8 Å². The average Bonchev–Trinajstić information content (AvgIpc) is 2.46. The maximum absolute atomic E-state index is 12.1. The molecular weight excluding hydrogens is 378 g/mol. The number of unbranched alkanes of at least 4 members (excludes halogenated alkanes) is 3. The van der Waals surface area contributed by atoms with Gasteiger partial charge in [0.2, 0.25) is 0 Å². The summed E-state index contributed by atoms with van der Waals surface area (Å²) >= 11 is 2.97. The van der Waals surface area contributed by atoms with Crippen LogP contribution in [0.2, 0.25) is 13.3 Å². The quantitative estimate of drug-likeness (QED) is 0.279. The van der Waals surface area contributed by atoms with E-state index in [0.29, 0.717) is 12.3 Å². The standard InChI is InChI=1S/C4H7ClO2.3C4H9.Sn/c5-3-1-2-4(6)7;3*1-3-4-2;/h1-3H2,(H,6,7);3*1,3-4H2,2H3;/q;;;;+1/p-1.